The number of benzene rings is 2. The summed E-state index contributed by atoms with van der Waals surface area (Å²) >= 11 is 0. The first-order valence-electron chi connectivity index (χ1n) is 5.92. The molecule has 0 aliphatic carbocycles. The number of ether oxygens (including phenoxy) is 1. The highest BCUT2D eigenvalue weighted by molar-refractivity contribution is 7.90. The number of para-hydroxylation sites is 1. The van der Waals surface area contributed by atoms with Crippen LogP contribution in [-0.2, 0) is 15.6 Å². The molecule has 102 valence electrons. The summed E-state index contributed by atoms with van der Waals surface area (Å²) in [6.45, 7) is 0. The number of rotatable bonds is 4. The van der Waals surface area contributed by atoms with Crippen molar-refractivity contribution in [3.63, 3.8) is 0 Å². The third-order valence-corrected chi connectivity index (χ3v) is 4.59. The van der Waals surface area contributed by atoms with Crippen molar-refractivity contribution >= 4 is 9.84 Å². The van der Waals surface area contributed by atoms with Crippen LogP contribution in [0.1, 0.15) is 11.1 Å². The Balaban J connectivity index is 2.44. The van der Waals surface area contributed by atoms with E-state index in [1.165, 1.54) is 13.2 Å². The van der Waals surface area contributed by atoms with Gasteiger partial charge in [0.25, 0.3) is 0 Å². The maximum Gasteiger partial charge on any atom is 0.186 e. The van der Waals surface area contributed by atoms with Gasteiger partial charge >= 0.3 is 0 Å². The zero-order valence-corrected chi connectivity index (χ0v) is 11.7. The molecule has 0 saturated carbocycles. The molecule has 20 heavy (non-hydrogen) atoms. The first-order valence-corrected chi connectivity index (χ1v) is 7.57. The molecule has 4 nitrogen and oxygen atoms in total. The number of hydrogen-bond donors (Lipinski definition) is 0. The highest BCUT2D eigenvalue weighted by atomic mass is 32.2. The van der Waals surface area contributed by atoms with Gasteiger partial charge in [0.15, 0.2) is 9.84 Å². The van der Waals surface area contributed by atoms with Crippen LogP contribution < -0.4 is 4.74 Å². The van der Waals surface area contributed by atoms with Crippen LogP contribution in [0, 0.1) is 11.3 Å². The molecule has 5 heteroatoms. The first kappa shape index (κ1) is 14.1. The monoisotopic (exact) mass is 287 g/mol. The number of hydrogen-bond acceptors (Lipinski definition) is 4. The van der Waals surface area contributed by atoms with Gasteiger partial charge in [-0.15, -0.1) is 0 Å². The van der Waals surface area contributed by atoms with Crippen LogP contribution in [-0.4, -0.2) is 15.5 Å². The summed E-state index contributed by atoms with van der Waals surface area (Å²) in [4.78, 5) is 0.134. The number of nitrogens with zero attached hydrogens (tertiary/aromatic N) is 1. The number of sulfone groups is 1. The molecule has 0 unspecified atom stereocenters. The summed E-state index contributed by atoms with van der Waals surface area (Å²) in [5.74, 6) is 0.0823. The van der Waals surface area contributed by atoms with E-state index in [9.17, 15) is 8.42 Å². The summed E-state index contributed by atoms with van der Waals surface area (Å²) in [6.07, 6.45) is 0. The standard InChI is InChI=1S/C15H13NO3S/c1-19-14-8-4-5-9-15(14)20(17,18)11-13-7-3-2-6-12(13)10-16/h2-9H,11H2,1H3. The van der Waals surface area contributed by atoms with Crippen molar-refractivity contribution in [1.82, 2.24) is 0 Å². The van der Waals surface area contributed by atoms with Gasteiger partial charge in [0.1, 0.15) is 10.6 Å². The van der Waals surface area contributed by atoms with Gasteiger partial charge in [0.05, 0.1) is 24.5 Å². The molecule has 0 atom stereocenters. The fraction of sp³-hybridized carbons (Fsp3) is 0.133. The fourth-order valence-electron chi connectivity index (χ4n) is 1.91. The summed E-state index contributed by atoms with van der Waals surface area (Å²) in [5.41, 5.74) is 0.854. The summed E-state index contributed by atoms with van der Waals surface area (Å²) in [6, 6.07) is 15.1. The average Bonchev–Trinajstić information content (AvgIpc) is 2.47. The fourth-order valence-corrected chi connectivity index (χ4v) is 3.47. The lowest BCUT2D eigenvalue weighted by atomic mass is 10.1. The van der Waals surface area contributed by atoms with E-state index >= 15 is 0 Å². The molecule has 2 aromatic carbocycles. The predicted molar refractivity (Wildman–Crippen MR) is 75.0 cm³/mol. The lowest BCUT2D eigenvalue weighted by Crippen LogP contribution is -2.08. The van der Waals surface area contributed by atoms with E-state index in [-0.39, 0.29) is 10.6 Å². The molecule has 0 amide bonds. The van der Waals surface area contributed by atoms with Crippen molar-refractivity contribution in [2.75, 3.05) is 7.11 Å². The predicted octanol–water partition coefficient (Wildman–Crippen LogP) is 2.54. The molecule has 0 aliphatic heterocycles. The van der Waals surface area contributed by atoms with Crippen molar-refractivity contribution in [1.29, 1.82) is 5.26 Å². The molecule has 0 bridgehead atoms. The van der Waals surface area contributed by atoms with Crippen LogP contribution >= 0.6 is 0 Å². The molecule has 0 spiro atoms. The van der Waals surface area contributed by atoms with E-state index in [4.69, 9.17) is 10.00 Å². The third kappa shape index (κ3) is 2.81. The Morgan fingerprint density at radius 1 is 1.10 bits per heavy atom. The molecular formula is C15H13NO3S. The summed E-state index contributed by atoms with van der Waals surface area (Å²) in [7, 11) is -2.14. The molecule has 0 heterocycles. The zero-order chi connectivity index (χ0) is 14.6. The summed E-state index contributed by atoms with van der Waals surface area (Å²) < 4.78 is 30.0. The summed E-state index contributed by atoms with van der Waals surface area (Å²) in [5, 5.41) is 9.02. The topological polar surface area (TPSA) is 67.2 Å². The quantitative estimate of drug-likeness (QED) is 0.866. The minimum Gasteiger partial charge on any atom is -0.495 e. The zero-order valence-electron chi connectivity index (χ0n) is 10.9. The largest absolute Gasteiger partial charge is 0.495 e. The van der Waals surface area contributed by atoms with Gasteiger partial charge < -0.3 is 4.74 Å². The SMILES string of the molecule is COc1ccccc1S(=O)(=O)Cc1ccccc1C#N. The maximum absolute atomic E-state index is 12.5. The Labute approximate surface area is 118 Å². The first-order chi connectivity index (χ1) is 9.58. The lowest BCUT2D eigenvalue weighted by molar-refractivity contribution is 0.402. The lowest BCUT2D eigenvalue weighted by Gasteiger charge is -2.10. The minimum absolute atomic E-state index is 0.134. The number of nitriles is 1. The minimum atomic E-state index is -3.56. The second-order valence-corrected chi connectivity index (χ2v) is 6.14. The Bertz CT molecular complexity index is 761. The Morgan fingerprint density at radius 2 is 1.75 bits per heavy atom. The van der Waals surface area contributed by atoms with E-state index in [1.54, 1.807) is 42.5 Å². The molecule has 0 N–H and O–H groups in total. The molecule has 2 rings (SSSR count). The highest BCUT2D eigenvalue weighted by Gasteiger charge is 2.21. The third-order valence-electron chi connectivity index (χ3n) is 2.89. The Hall–Kier alpha value is -2.32. The smallest absolute Gasteiger partial charge is 0.186 e. The van der Waals surface area contributed by atoms with Crippen molar-refractivity contribution in [3.8, 4) is 11.8 Å². The van der Waals surface area contributed by atoms with Gasteiger partial charge in [0.2, 0.25) is 0 Å². The van der Waals surface area contributed by atoms with Gasteiger partial charge in [-0.3, -0.25) is 0 Å². The van der Waals surface area contributed by atoms with Crippen molar-refractivity contribution in [3.05, 3.63) is 59.7 Å². The van der Waals surface area contributed by atoms with Gasteiger partial charge in [-0.2, -0.15) is 5.26 Å². The molecule has 0 radical (unpaired) electrons. The van der Waals surface area contributed by atoms with E-state index in [0.29, 0.717) is 16.9 Å². The van der Waals surface area contributed by atoms with E-state index < -0.39 is 9.84 Å². The van der Waals surface area contributed by atoms with Crippen LogP contribution in [0.4, 0.5) is 0 Å². The van der Waals surface area contributed by atoms with Gasteiger partial charge in [-0.25, -0.2) is 8.42 Å². The van der Waals surface area contributed by atoms with E-state index in [2.05, 4.69) is 0 Å². The van der Waals surface area contributed by atoms with Crippen LogP contribution in [0.5, 0.6) is 5.75 Å². The Morgan fingerprint density at radius 3 is 2.45 bits per heavy atom. The van der Waals surface area contributed by atoms with Crippen LogP contribution in [0.2, 0.25) is 0 Å². The molecule has 0 saturated heterocycles. The second kappa shape index (κ2) is 5.76. The van der Waals surface area contributed by atoms with Gasteiger partial charge in [-0.05, 0) is 23.8 Å². The van der Waals surface area contributed by atoms with E-state index in [0.717, 1.165) is 0 Å². The molecular weight excluding hydrogens is 274 g/mol. The second-order valence-electron chi connectivity index (χ2n) is 4.18. The van der Waals surface area contributed by atoms with Crippen molar-refractivity contribution in [2.24, 2.45) is 0 Å². The van der Waals surface area contributed by atoms with Crippen molar-refractivity contribution < 1.29 is 13.2 Å². The Kier molecular flexibility index (Phi) is 4.06. The van der Waals surface area contributed by atoms with Crippen LogP contribution in [0.15, 0.2) is 53.4 Å². The van der Waals surface area contributed by atoms with E-state index in [1.807, 2.05) is 6.07 Å². The molecule has 0 aromatic heterocycles. The molecule has 0 aliphatic rings. The number of methoxy groups -OCH3 is 1. The van der Waals surface area contributed by atoms with Crippen LogP contribution in [0.25, 0.3) is 0 Å². The maximum atomic E-state index is 12.5. The highest BCUT2D eigenvalue weighted by Crippen LogP contribution is 2.26. The molecule has 0 fully saturated rings. The normalized spacial score (nSPS) is 10.8. The molecule has 2 aromatic rings. The van der Waals surface area contributed by atoms with Crippen molar-refractivity contribution in [2.45, 2.75) is 10.6 Å². The van der Waals surface area contributed by atoms with Crippen LogP contribution in [0.3, 0.4) is 0 Å². The van der Waals surface area contributed by atoms with Gasteiger partial charge in [0, 0.05) is 0 Å². The average molecular weight is 287 g/mol. The van der Waals surface area contributed by atoms with Gasteiger partial charge in [-0.1, -0.05) is 30.3 Å².